The average molecular weight is 167 g/mol. The maximum Gasteiger partial charge on any atom is 0.0419 e. The second-order valence-corrected chi connectivity index (χ2v) is 3.54. The predicted octanol–water partition coefficient (Wildman–Crippen LogP) is 2.92. The summed E-state index contributed by atoms with van der Waals surface area (Å²) in [6.07, 6.45) is 2.03. The third kappa shape index (κ3) is 2.15. The van der Waals surface area contributed by atoms with Crippen molar-refractivity contribution in [3.63, 3.8) is 0 Å². The number of thiol groups is 1. The van der Waals surface area contributed by atoms with Gasteiger partial charge in [0.1, 0.15) is 0 Å². The standard InChI is InChI=1S/C9H13NS/c1-6-4-7(2)10-9(6)5-8(3)11/h4-5,10-11H,1-3H3/b8-5-. The van der Waals surface area contributed by atoms with Crippen molar-refractivity contribution in [1.82, 2.24) is 4.98 Å². The van der Waals surface area contributed by atoms with E-state index in [4.69, 9.17) is 0 Å². The van der Waals surface area contributed by atoms with Gasteiger partial charge in [-0.1, -0.05) is 0 Å². The van der Waals surface area contributed by atoms with E-state index < -0.39 is 0 Å². The topological polar surface area (TPSA) is 15.8 Å². The Morgan fingerprint density at radius 1 is 1.55 bits per heavy atom. The molecule has 0 aliphatic rings. The number of H-pyrrole nitrogens is 1. The van der Waals surface area contributed by atoms with Crippen LogP contribution in [0.5, 0.6) is 0 Å². The summed E-state index contributed by atoms with van der Waals surface area (Å²) in [5.74, 6) is 0. The van der Waals surface area contributed by atoms with Crippen LogP contribution in [0.1, 0.15) is 23.9 Å². The molecule has 60 valence electrons. The fraction of sp³-hybridized carbons (Fsp3) is 0.333. The van der Waals surface area contributed by atoms with E-state index in [-0.39, 0.29) is 0 Å². The summed E-state index contributed by atoms with van der Waals surface area (Å²) in [6.45, 7) is 6.11. The van der Waals surface area contributed by atoms with E-state index in [1.807, 2.05) is 13.0 Å². The quantitative estimate of drug-likeness (QED) is 0.598. The Balaban J connectivity index is 3.04. The molecule has 0 atom stereocenters. The number of nitrogens with one attached hydrogen (secondary N) is 1. The smallest absolute Gasteiger partial charge is 0.0419 e. The summed E-state index contributed by atoms with van der Waals surface area (Å²) in [5.41, 5.74) is 3.63. The molecule has 0 aromatic carbocycles. The molecule has 0 saturated carbocycles. The van der Waals surface area contributed by atoms with Crippen LogP contribution in [-0.2, 0) is 0 Å². The Morgan fingerprint density at radius 3 is 2.55 bits per heavy atom. The van der Waals surface area contributed by atoms with Crippen LogP contribution in [0.25, 0.3) is 6.08 Å². The average Bonchev–Trinajstić information content (AvgIpc) is 2.09. The van der Waals surface area contributed by atoms with Crippen LogP contribution in [0.2, 0.25) is 0 Å². The van der Waals surface area contributed by atoms with Gasteiger partial charge in [0.2, 0.25) is 0 Å². The highest BCUT2D eigenvalue weighted by molar-refractivity contribution is 7.84. The lowest BCUT2D eigenvalue weighted by Gasteiger charge is -1.91. The van der Waals surface area contributed by atoms with Crippen LogP contribution in [0.4, 0.5) is 0 Å². The van der Waals surface area contributed by atoms with Gasteiger partial charge in [0, 0.05) is 11.4 Å². The van der Waals surface area contributed by atoms with Crippen LogP contribution in [-0.4, -0.2) is 4.98 Å². The number of rotatable bonds is 1. The van der Waals surface area contributed by atoms with Gasteiger partial charge in [-0.2, -0.15) is 0 Å². The van der Waals surface area contributed by atoms with E-state index in [2.05, 4.69) is 37.5 Å². The van der Waals surface area contributed by atoms with E-state index in [0.717, 1.165) is 10.6 Å². The van der Waals surface area contributed by atoms with E-state index in [1.54, 1.807) is 0 Å². The molecule has 1 nitrogen and oxygen atoms in total. The predicted molar refractivity (Wildman–Crippen MR) is 52.9 cm³/mol. The van der Waals surface area contributed by atoms with Gasteiger partial charge in [-0.15, -0.1) is 12.6 Å². The molecular formula is C9H13NS. The molecule has 1 N–H and O–H groups in total. The summed E-state index contributed by atoms with van der Waals surface area (Å²) >= 11 is 4.21. The number of aromatic amines is 1. The van der Waals surface area contributed by atoms with Crippen LogP contribution < -0.4 is 0 Å². The molecule has 2 heteroatoms. The van der Waals surface area contributed by atoms with Crippen molar-refractivity contribution < 1.29 is 0 Å². The van der Waals surface area contributed by atoms with Crippen LogP contribution >= 0.6 is 12.6 Å². The summed E-state index contributed by atoms with van der Waals surface area (Å²) in [6, 6.07) is 2.13. The zero-order chi connectivity index (χ0) is 8.43. The molecule has 1 aromatic rings. The maximum atomic E-state index is 4.21. The minimum atomic E-state index is 1.02. The third-order valence-electron chi connectivity index (χ3n) is 1.54. The fourth-order valence-corrected chi connectivity index (χ4v) is 1.24. The van der Waals surface area contributed by atoms with Gasteiger partial charge in [0.15, 0.2) is 0 Å². The Hall–Kier alpha value is -0.630. The lowest BCUT2D eigenvalue weighted by molar-refractivity contribution is 1.24. The van der Waals surface area contributed by atoms with Crippen molar-refractivity contribution in [2.45, 2.75) is 20.8 Å². The molecule has 0 unspecified atom stereocenters. The Bertz CT molecular complexity index is 280. The number of hydrogen-bond acceptors (Lipinski definition) is 1. The minimum Gasteiger partial charge on any atom is -0.359 e. The van der Waals surface area contributed by atoms with Gasteiger partial charge < -0.3 is 4.98 Å². The van der Waals surface area contributed by atoms with Crippen molar-refractivity contribution in [3.05, 3.63) is 27.9 Å². The highest BCUT2D eigenvalue weighted by Crippen LogP contribution is 2.13. The SMILES string of the molecule is C/C(S)=C/c1[nH]c(C)cc1C. The molecule has 1 aromatic heterocycles. The summed E-state index contributed by atoms with van der Waals surface area (Å²) in [4.78, 5) is 4.27. The molecule has 1 heterocycles. The van der Waals surface area contributed by atoms with E-state index in [1.165, 1.54) is 11.3 Å². The first-order chi connectivity index (χ1) is 5.09. The van der Waals surface area contributed by atoms with E-state index >= 15 is 0 Å². The lowest BCUT2D eigenvalue weighted by Crippen LogP contribution is -1.75. The first-order valence-corrected chi connectivity index (χ1v) is 4.08. The van der Waals surface area contributed by atoms with Crippen molar-refractivity contribution in [3.8, 4) is 0 Å². The molecule has 0 amide bonds. The molecule has 1 rings (SSSR count). The largest absolute Gasteiger partial charge is 0.359 e. The highest BCUT2D eigenvalue weighted by atomic mass is 32.1. The monoisotopic (exact) mass is 167 g/mol. The van der Waals surface area contributed by atoms with E-state index in [0.29, 0.717) is 0 Å². The number of hydrogen-bond donors (Lipinski definition) is 2. The maximum absolute atomic E-state index is 4.21. The third-order valence-corrected chi connectivity index (χ3v) is 1.67. The molecule has 0 spiro atoms. The molecule has 0 aliphatic heterocycles. The Kier molecular flexibility index (Phi) is 2.45. The second-order valence-electron chi connectivity index (χ2n) is 2.83. The first kappa shape index (κ1) is 8.47. The number of aromatic nitrogens is 1. The van der Waals surface area contributed by atoms with E-state index in [9.17, 15) is 0 Å². The molecule has 0 aliphatic carbocycles. The Labute approximate surface area is 72.9 Å². The molecule has 0 fully saturated rings. The van der Waals surface area contributed by atoms with Crippen molar-refractivity contribution in [2.75, 3.05) is 0 Å². The Morgan fingerprint density at radius 2 is 2.18 bits per heavy atom. The molecular weight excluding hydrogens is 154 g/mol. The highest BCUT2D eigenvalue weighted by Gasteiger charge is 1.97. The molecule has 0 saturated heterocycles. The minimum absolute atomic E-state index is 1.02. The van der Waals surface area contributed by atoms with Crippen LogP contribution in [0.3, 0.4) is 0 Å². The zero-order valence-corrected chi connectivity index (χ0v) is 8.00. The normalized spacial score (nSPS) is 12.2. The zero-order valence-electron chi connectivity index (χ0n) is 7.10. The van der Waals surface area contributed by atoms with Crippen molar-refractivity contribution in [2.24, 2.45) is 0 Å². The van der Waals surface area contributed by atoms with Gasteiger partial charge in [-0.25, -0.2) is 0 Å². The van der Waals surface area contributed by atoms with Gasteiger partial charge in [0.25, 0.3) is 0 Å². The number of allylic oxidation sites excluding steroid dienone is 1. The number of aryl methyl sites for hydroxylation is 2. The molecule has 11 heavy (non-hydrogen) atoms. The first-order valence-electron chi connectivity index (χ1n) is 3.63. The molecule has 0 bridgehead atoms. The van der Waals surface area contributed by atoms with Gasteiger partial charge in [-0.05, 0) is 43.4 Å². The lowest BCUT2D eigenvalue weighted by atomic mass is 10.2. The fourth-order valence-electron chi connectivity index (χ4n) is 1.11. The van der Waals surface area contributed by atoms with Gasteiger partial charge in [-0.3, -0.25) is 0 Å². The van der Waals surface area contributed by atoms with Crippen LogP contribution in [0.15, 0.2) is 11.0 Å². The summed E-state index contributed by atoms with van der Waals surface area (Å²) in [7, 11) is 0. The van der Waals surface area contributed by atoms with Crippen molar-refractivity contribution >= 4 is 18.7 Å². The van der Waals surface area contributed by atoms with Crippen molar-refractivity contribution in [1.29, 1.82) is 0 Å². The van der Waals surface area contributed by atoms with Crippen LogP contribution in [0, 0.1) is 13.8 Å². The molecule has 0 radical (unpaired) electrons. The summed E-state index contributed by atoms with van der Waals surface area (Å²) < 4.78 is 0. The summed E-state index contributed by atoms with van der Waals surface area (Å²) in [5, 5.41) is 0. The second kappa shape index (κ2) is 3.18. The van der Waals surface area contributed by atoms with Gasteiger partial charge >= 0.3 is 0 Å². The van der Waals surface area contributed by atoms with Gasteiger partial charge in [0.05, 0.1) is 0 Å².